The lowest BCUT2D eigenvalue weighted by atomic mass is 10.2. The van der Waals surface area contributed by atoms with E-state index in [-0.39, 0.29) is 5.91 Å². The number of amides is 1. The number of benzene rings is 2. The van der Waals surface area contributed by atoms with Crippen LogP contribution in [0.25, 0.3) is 10.2 Å². The van der Waals surface area contributed by atoms with Gasteiger partial charge in [0.2, 0.25) is 0 Å². The van der Waals surface area contributed by atoms with Crippen molar-refractivity contribution >= 4 is 55.0 Å². The summed E-state index contributed by atoms with van der Waals surface area (Å²) in [6, 6.07) is 11.0. The van der Waals surface area contributed by atoms with Crippen LogP contribution in [0.2, 0.25) is 5.02 Å². The van der Waals surface area contributed by atoms with Crippen molar-refractivity contribution in [3.63, 3.8) is 0 Å². The molecule has 0 radical (unpaired) electrons. The van der Waals surface area contributed by atoms with Gasteiger partial charge in [0.05, 0.1) is 16.8 Å². The van der Waals surface area contributed by atoms with Crippen LogP contribution in [0.5, 0.6) is 0 Å². The molecular formula is C19H18BrClN2O2S. The molecule has 3 rings (SSSR count). The molecule has 1 heterocycles. The number of aromatic nitrogens is 1. The third kappa shape index (κ3) is 4.09. The molecular weight excluding hydrogens is 436 g/mol. The summed E-state index contributed by atoms with van der Waals surface area (Å²) in [5.41, 5.74) is 2.54. The molecule has 0 atom stereocenters. The number of carbonyl (C=O) groups excluding carboxylic acids is 1. The highest BCUT2D eigenvalue weighted by Gasteiger charge is 2.13. The normalized spacial score (nSPS) is 12.1. The SMILES string of the molecule is CCOCCn1c(=NC(=O)c2ccc(Br)cc2)sc2ccc(Cl)c(C)c21. The summed E-state index contributed by atoms with van der Waals surface area (Å²) in [5.74, 6) is -0.266. The number of carbonyl (C=O) groups is 1. The molecule has 0 saturated carbocycles. The van der Waals surface area contributed by atoms with E-state index in [1.807, 2.05) is 42.7 Å². The first-order chi connectivity index (χ1) is 12.5. The maximum Gasteiger partial charge on any atom is 0.279 e. The zero-order valence-corrected chi connectivity index (χ0v) is 17.6. The summed E-state index contributed by atoms with van der Waals surface area (Å²) in [7, 11) is 0. The predicted octanol–water partition coefficient (Wildman–Crippen LogP) is 5.20. The monoisotopic (exact) mass is 452 g/mol. The summed E-state index contributed by atoms with van der Waals surface area (Å²) in [6.07, 6.45) is 0. The second-order valence-corrected chi connectivity index (χ2v) is 8.01. The van der Waals surface area contributed by atoms with Gasteiger partial charge in [-0.25, -0.2) is 0 Å². The number of hydrogen-bond acceptors (Lipinski definition) is 3. The first kappa shape index (κ1) is 19.3. The zero-order chi connectivity index (χ0) is 18.7. The quantitative estimate of drug-likeness (QED) is 0.498. The van der Waals surface area contributed by atoms with E-state index in [9.17, 15) is 4.79 Å². The van der Waals surface area contributed by atoms with Crippen LogP contribution in [0.3, 0.4) is 0 Å². The molecule has 0 unspecified atom stereocenters. The van der Waals surface area contributed by atoms with Crippen LogP contribution in [0, 0.1) is 6.92 Å². The number of thiazole rings is 1. The minimum Gasteiger partial charge on any atom is -0.380 e. The third-order valence-electron chi connectivity index (χ3n) is 3.98. The van der Waals surface area contributed by atoms with Crippen LogP contribution >= 0.6 is 38.9 Å². The fourth-order valence-electron chi connectivity index (χ4n) is 2.65. The number of rotatable bonds is 5. The Morgan fingerprint density at radius 2 is 2.00 bits per heavy atom. The van der Waals surface area contributed by atoms with Gasteiger partial charge in [0.15, 0.2) is 4.80 Å². The Labute approximate surface area is 169 Å². The third-order valence-corrected chi connectivity index (χ3v) is 5.96. The molecule has 4 nitrogen and oxygen atoms in total. The zero-order valence-electron chi connectivity index (χ0n) is 14.5. The van der Waals surface area contributed by atoms with E-state index in [4.69, 9.17) is 16.3 Å². The molecule has 0 bridgehead atoms. The number of halogens is 2. The molecule has 7 heteroatoms. The number of hydrogen-bond donors (Lipinski definition) is 0. The molecule has 0 N–H and O–H groups in total. The molecule has 26 heavy (non-hydrogen) atoms. The van der Waals surface area contributed by atoms with Gasteiger partial charge in [-0.3, -0.25) is 4.79 Å². The van der Waals surface area contributed by atoms with E-state index in [0.717, 1.165) is 20.3 Å². The van der Waals surface area contributed by atoms with Crippen molar-refractivity contribution in [1.82, 2.24) is 4.57 Å². The summed E-state index contributed by atoms with van der Waals surface area (Å²) in [5, 5.41) is 0.700. The van der Waals surface area contributed by atoms with Crippen LogP contribution in [0.4, 0.5) is 0 Å². The second kappa shape index (κ2) is 8.48. The van der Waals surface area contributed by atoms with Crippen LogP contribution in [0.15, 0.2) is 45.9 Å². The Morgan fingerprint density at radius 1 is 1.27 bits per heavy atom. The molecule has 1 amide bonds. The molecule has 136 valence electrons. The summed E-state index contributed by atoms with van der Waals surface area (Å²) < 4.78 is 9.50. The van der Waals surface area contributed by atoms with Gasteiger partial charge in [0, 0.05) is 28.2 Å². The molecule has 2 aromatic carbocycles. The average molecular weight is 454 g/mol. The van der Waals surface area contributed by atoms with Crippen molar-refractivity contribution < 1.29 is 9.53 Å². The lowest BCUT2D eigenvalue weighted by Crippen LogP contribution is -2.20. The second-order valence-electron chi connectivity index (χ2n) is 5.68. The molecule has 0 aliphatic heterocycles. The lowest BCUT2D eigenvalue weighted by molar-refractivity contribution is 0.0996. The fourth-order valence-corrected chi connectivity index (χ4v) is 4.18. The van der Waals surface area contributed by atoms with Gasteiger partial charge in [-0.1, -0.05) is 38.9 Å². The highest BCUT2D eigenvalue weighted by molar-refractivity contribution is 9.10. The molecule has 3 aromatic rings. The molecule has 1 aromatic heterocycles. The Balaban J connectivity index is 2.11. The van der Waals surface area contributed by atoms with Gasteiger partial charge in [-0.2, -0.15) is 4.99 Å². The number of fused-ring (bicyclic) bond motifs is 1. The first-order valence-corrected chi connectivity index (χ1v) is 10.2. The van der Waals surface area contributed by atoms with Crippen LogP contribution in [-0.2, 0) is 11.3 Å². The van der Waals surface area contributed by atoms with Gasteiger partial charge in [0.1, 0.15) is 0 Å². The highest BCUT2D eigenvalue weighted by Crippen LogP contribution is 2.27. The van der Waals surface area contributed by atoms with E-state index < -0.39 is 0 Å². The van der Waals surface area contributed by atoms with E-state index in [1.165, 1.54) is 11.3 Å². The molecule has 0 aliphatic rings. The lowest BCUT2D eigenvalue weighted by Gasteiger charge is -2.08. The smallest absolute Gasteiger partial charge is 0.279 e. The first-order valence-electron chi connectivity index (χ1n) is 8.22. The maximum atomic E-state index is 12.6. The average Bonchev–Trinajstić information content (AvgIpc) is 2.97. The number of aryl methyl sites for hydroxylation is 1. The summed E-state index contributed by atoms with van der Waals surface area (Å²) >= 11 is 11.2. The minimum atomic E-state index is -0.266. The van der Waals surface area contributed by atoms with Gasteiger partial charge in [-0.15, -0.1) is 0 Å². The Bertz CT molecular complexity index is 1010. The molecule has 0 saturated heterocycles. The maximum absolute atomic E-state index is 12.6. The minimum absolute atomic E-state index is 0.266. The number of nitrogens with zero attached hydrogens (tertiary/aromatic N) is 2. The van der Waals surface area contributed by atoms with Crippen LogP contribution < -0.4 is 4.80 Å². The van der Waals surface area contributed by atoms with Crippen molar-refractivity contribution in [2.24, 2.45) is 4.99 Å². The summed E-state index contributed by atoms with van der Waals surface area (Å²) in [4.78, 5) is 17.6. The molecule has 0 aliphatic carbocycles. The van der Waals surface area contributed by atoms with Crippen molar-refractivity contribution in [3.05, 3.63) is 61.8 Å². The van der Waals surface area contributed by atoms with E-state index >= 15 is 0 Å². The Morgan fingerprint density at radius 3 is 2.69 bits per heavy atom. The predicted molar refractivity (Wildman–Crippen MR) is 110 cm³/mol. The molecule has 0 fully saturated rings. The Kier molecular flexibility index (Phi) is 6.29. The van der Waals surface area contributed by atoms with Gasteiger partial charge in [-0.05, 0) is 55.8 Å². The number of ether oxygens (including phenoxy) is 1. The van der Waals surface area contributed by atoms with Gasteiger partial charge >= 0.3 is 0 Å². The van der Waals surface area contributed by atoms with Crippen molar-refractivity contribution in [2.45, 2.75) is 20.4 Å². The van der Waals surface area contributed by atoms with Crippen molar-refractivity contribution in [1.29, 1.82) is 0 Å². The highest BCUT2D eigenvalue weighted by atomic mass is 79.9. The largest absolute Gasteiger partial charge is 0.380 e. The van der Waals surface area contributed by atoms with Crippen molar-refractivity contribution in [3.8, 4) is 0 Å². The standard InChI is InChI=1S/C19H18BrClN2O2S/c1-3-25-11-10-23-17-12(2)15(21)8-9-16(17)26-19(23)22-18(24)13-4-6-14(20)7-5-13/h4-9H,3,10-11H2,1-2H3. The summed E-state index contributed by atoms with van der Waals surface area (Å²) in [6.45, 7) is 5.75. The Hall–Kier alpha value is -1.47. The van der Waals surface area contributed by atoms with E-state index in [2.05, 4.69) is 20.9 Å². The fraction of sp³-hybridized carbons (Fsp3) is 0.263. The van der Waals surface area contributed by atoms with Crippen molar-refractivity contribution in [2.75, 3.05) is 13.2 Å². The van der Waals surface area contributed by atoms with Gasteiger partial charge < -0.3 is 9.30 Å². The van der Waals surface area contributed by atoms with Gasteiger partial charge in [0.25, 0.3) is 5.91 Å². The van der Waals surface area contributed by atoms with Crippen LogP contribution in [0.1, 0.15) is 22.8 Å². The van der Waals surface area contributed by atoms with Crippen LogP contribution in [-0.4, -0.2) is 23.7 Å². The van der Waals surface area contributed by atoms with E-state index in [1.54, 1.807) is 12.1 Å². The molecule has 0 spiro atoms. The topological polar surface area (TPSA) is 43.6 Å². The van der Waals surface area contributed by atoms with E-state index in [0.29, 0.717) is 35.1 Å².